The number of benzene rings is 5. The third-order valence-electron chi connectivity index (χ3n) is 6.29. The Morgan fingerprint density at radius 1 is 0.214 bits per heavy atom. The summed E-state index contributed by atoms with van der Waals surface area (Å²) < 4.78 is 233. The lowest BCUT2D eigenvalue weighted by Gasteiger charge is -2.20. The van der Waals surface area contributed by atoms with Gasteiger partial charge in [-0.05, 0) is 12.1 Å². The van der Waals surface area contributed by atoms with Crippen LogP contribution in [0.3, 0.4) is 0 Å². The van der Waals surface area contributed by atoms with Gasteiger partial charge in [-0.15, -0.1) is 0 Å². The molecule has 0 fully saturated rings. The van der Waals surface area contributed by atoms with E-state index in [9.17, 15) is 52.7 Å². The fraction of sp³-hybridized carbons (Fsp3) is 0. The van der Waals surface area contributed by atoms with E-state index in [-0.39, 0.29) is 12.1 Å². The molecule has 0 saturated carbocycles. The molecular weight excluding hydrogens is 616 g/mol. The van der Waals surface area contributed by atoms with Crippen LogP contribution in [0.15, 0.2) is 12.1 Å². The molecule has 0 nitrogen and oxygen atoms in total. The Balaban J connectivity index is 2.16. The molecule has 0 aromatic heterocycles. The summed E-state index contributed by atoms with van der Waals surface area (Å²) in [6.45, 7) is 0. The first-order chi connectivity index (χ1) is 19.6. The van der Waals surface area contributed by atoms with Gasteiger partial charge in [-0.2, -0.15) is 0 Å². The van der Waals surface area contributed by atoms with Crippen LogP contribution in [0.2, 0.25) is 0 Å². The van der Waals surface area contributed by atoms with Gasteiger partial charge in [0.15, 0.2) is 81.4 Å². The summed E-state index contributed by atoms with van der Waals surface area (Å²) in [5, 5.41) is -8.92. The normalized spacial score (nSPS) is 11.8. The zero-order chi connectivity index (χ0) is 31.3. The van der Waals surface area contributed by atoms with Gasteiger partial charge in [0.1, 0.15) is 11.6 Å². The SMILES string of the molecule is Fc1ccc(F)c(-c2c(F)c(F)c(F)c3c(F)c(F)c(F)c(F)c23)c1-c1c(F)c(F)c(F)c2c(F)c(F)c(F)c(F)c12. The molecule has 0 spiro atoms. The van der Waals surface area contributed by atoms with Crippen molar-refractivity contribution >= 4 is 21.5 Å². The number of hydrogen-bond acceptors (Lipinski definition) is 0. The van der Waals surface area contributed by atoms with Gasteiger partial charge in [0, 0.05) is 33.0 Å². The highest BCUT2D eigenvalue weighted by atomic mass is 19.2. The zero-order valence-electron chi connectivity index (χ0n) is 19.2. The fourth-order valence-corrected chi connectivity index (χ4v) is 4.51. The van der Waals surface area contributed by atoms with Crippen molar-refractivity contribution in [2.75, 3.05) is 0 Å². The van der Waals surface area contributed by atoms with Crippen LogP contribution in [0.25, 0.3) is 43.8 Å². The van der Waals surface area contributed by atoms with E-state index in [4.69, 9.17) is 0 Å². The van der Waals surface area contributed by atoms with Crippen molar-refractivity contribution < 1.29 is 70.2 Å². The van der Waals surface area contributed by atoms with E-state index in [0.717, 1.165) is 0 Å². The van der Waals surface area contributed by atoms with Crippen LogP contribution in [0.1, 0.15) is 0 Å². The fourth-order valence-electron chi connectivity index (χ4n) is 4.51. The standard InChI is InChI=1S/C26H2F16/c27-3-1-2-4(28)6(8-10-12(18(34)22(38)14(8)30)20(36)26(42)24(40)16(10)32)5(3)7-9-11(17(33)21(37)13(7)29)19(35)25(41)23(39)15(9)31/h1-2H. The number of halogens is 16. The molecule has 0 atom stereocenters. The summed E-state index contributed by atoms with van der Waals surface area (Å²) in [4.78, 5) is 0. The van der Waals surface area contributed by atoms with Gasteiger partial charge in [-0.3, -0.25) is 0 Å². The Morgan fingerprint density at radius 2 is 0.429 bits per heavy atom. The highest BCUT2D eigenvalue weighted by molar-refractivity contribution is 6.06. The first-order valence-electron chi connectivity index (χ1n) is 10.7. The number of rotatable bonds is 2. The Kier molecular flexibility index (Phi) is 6.58. The Hall–Kier alpha value is -4.50. The summed E-state index contributed by atoms with van der Waals surface area (Å²) in [5.41, 5.74) is -8.80. The number of hydrogen-bond donors (Lipinski definition) is 0. The van der Waals surface area contributed by atoms with E-state index in [2.05, 4.69) is 0 Å². The van der Waals surface area contributed by atoms with Crippen molar-refractivity contribution in [1.29, 1.82) is 0 Å². The van der Waals surface area contributed by atoms with E-state index >= 15 is 17.6 Å². The average molecular weight is 618 g/mol. The van der Waals surface area contributed by atoms with E-state index in [1.165, 1.54) is 0 Å². The largest absolute Gasteiger partial charge is 0.206 e. The molecule has 0 radical (unpaired) electrons. The molecule has 5 rings (SSSR count). The van der Waals surface area contributed by atoms with Gasteiger partial charge in [0.05, 0.1) is 10.8 Å². The maximum atomic E-state index is 15.3. The maximum Gasteiger partial charge on any atom is 0.198 e. The lowest BCUT2D eigenvalue weighted by molar-refractivity contribution is 0.410. The molecule has 0 N–H and O–H groups in total. The molecule has 0 bridgehead atoms. The first kappa shape index (κ1) is 29.0. The summed E-state index contributed by atoms with van der Waals surface area (Å²) >= 11 is 0. The zero-order valence-corrected chi connectivity index (χ0v) is 19.2. The molecule has 0 aliphatic carbocycles. The van der Waals surface area contributed by atoms with Crippen molar-refractivity contribution in [1.82, 2.24) is 0 Å². The predicted molar refractivity (Wildman–Crippen MR) is 112 cm³/mol. The molecule has 218 valence electrons. The lowest BCUT2D eigenvalue weighted by Crippen LogP contribution is -2.10. The summed E-state index contributed by atoms with van der Waals surface area (Å²) in [6.07, 6.45) is 0. The van der Waals surface area contributed by atoms with Crippen LogP contribution in [0.4, 0.5) is 70.2 Å². The topological polar surface area (TPSA) is 0 Å². The van der Waals surface area contributed by atoms with Crippen LogP contribution in [-0.2, 0) is 0 Å². The second kappa shape index (κ2) is 9.52. The van der Waals surface area contributed by atoms with E-state index in [0.29, 0.717) is 0 Å². The van der Waals surface area contributed by atoms with Crippen LogP contribution in [0.5, 0.6) is 0 Å². The predicted octanol–water partition coefficient (Wildman–Crippen LogP) is 9.55. The minimum atomic E-state index is -2.88. The van der Waals surface area contributed by atoms with Crippen LogP contribution in [0, 0.1) is 93.1 Å². The molecule has 0 amide bonds. The van der Waals surface area contributed by atoms with E-state index in [1.54, 1.807) is 0 Å². The molecule has 0 heterocycles. The molecule has 0 aliphatic rings. The average Bonchev–Trinajstić information content (AvgIpc) is 2.95. The minimum Gasteiger partial charge on any atom is -0.206 e. The molecule has 5 aromatic carbocycles. The molecule has 42 heavy (non-hydrogen) atoms. The van der Waals surface area contributed by atoms with Gasteiger partial charge in [-0.25, -0.2) is 70.2 Å². The van der Waals surface area contributed by atoms with Crippen molar-refractivity contribution in [2.45, 2.75) is 0 Å². The van der Waals surface area contributed by atoms with Crippen LogP contribution in [-0.4, -0.2) is 0 Å². The van der Waals surface area contributed by atoms with Crippen molar-refractivity contribution in [3.63, 3.8) is 0 Å². The smallest absolute Gasteiger partial charge is 0.198 e. The monoisotopic (exact) mass is 618 g/mol. The summed E-state index contributed by atoms with van der Waals surface area (Å²) in [6, 6.07) is -0.0992. The van der Waals surface area contributed by atoms with Gasteiger partial charge < -0.3 is 0 Å². The molecule has 0 saturated heterocycles. The molecule has 16 heteroatoms. The van der Waals surface area contributed by atoms with Crippen LogP contribution < -0.4 is 0 Å². The van der Waals surface area contributed by atoms with E-state index in [1.807, 2.05) is 0 Å². The quantitative estimate of drug-likeness (QED) is 0.105. The Bertz CT molecular complexity index is 1880. The van der Waals surface area contributed by atoms with Crippen molar-refractivity contribution in [3.8, 4) is 22.3 Å². The minimum absolute atomic E-state index is 0.0496. The second-order valence-corrected chi connectivity index (χ2v) is 8.42. The third-order valence-corrected chi connectivity index (χ3v) is 6.29. The summed E-state index contributed by atoms with van der Waals surface area (Å²) in [5.74, 6) is -43.6. The first-order valence-corrected chi connectivity index (χ1v) is 10.7. The molecule has 0 aliphatic heterocycles. The van der Waals surface area contributed by atoms with Gasteiger partial charge in [0.2, 0.25) is 0 Å². The number of fused-ring (bicyclic) bond motifs is 2. The van der Waals surface area contributed by atoms with Crippen LogP contribution >= 0.6 is 0 Å². The van der Waals surface area contributed by atoms with Crippen molar-refractivity contribution in [3.05, 3.63) is 105 Å². The Morgan fingerprint density at radius 3 is 0.690 bits per heavy atom. The lowest BCUT2D eigenvalue weighted by atomic mass is 9.86. The second-order valence-electron chi connectivity index (χ2n) is 8.42. The molecule has 5 aromatic rings. The Labute approximate surface area is 220 Å². The molecular formula is C26H2F16. The van der Waals surface area contributed by atoms with Gasteiger partial charge in [0.25, 0.3) is 0 Å². The van der Waals surface area contributed by atoms with Gasteiger partial charge in [-0.1, -0.05) is 0 Å². The van der Waals surface area contributed by atoms with E-state index < -0.39 is 137 Å². The summed E-state index contributed by atoms with van der Waals surface area (Å²) in [7, 11) is 0. The molecule has 0 unspecified atom stereocenters. The highest BCUT2D eigenvalue weighted by Gasteiger charge is 2.37. The highest BCUT2D eigenvalue weighted by Crippen LogP contribution is 2.48. The van der Waals surface area contributed by atoms with Gasteiger partial charge >= 0.3 is 0 Å². The van der Waals surface area contributed by atoms with Crippen molar-refractivity contribution in [2.24, 2.45) is 0 Å². The third kappa shape index (κ3) is 3.59. The maximum absolute atomic E-state index is 15.3.